The van der Waals surface area contributed by atoms with Gasteiger partial charge in [0.1, 0.15) is 0 Å². The lowest BCUT2D eigenvalue weighted by Gasteiger charge is -2.24. The number of aliphatic hydroxyl groups is 1. The molecule has 0 aliphatic carbocycles. The van der Waals surface area contributed by atoms with Crippen LogP contribution in [0.2, 0.25) is 5.02 Å². The smallest absolute Gasteiger partial charge is 0.266 e. The monoisotopic (exact) mass is 438 g/mol. The first-order valence-electron chi connectivity index (χ1n) is 8.45. The molecule has 6 nitrogen and oxygen atoms in total. The fourth-order valence-electron chi connectivity index (χ4n) is 2.50. The zero-order chi connectivity index (χ0) is 20.0. The Hall–Kier alpha value is -1.97. The van der Waals surface area contributed by atoms with Crippen molar-refractivity contribution in [3.05, 3.63) is 76.8 Å². The van der Waals surface area contributed by atoms with Gasteiger partial charge in [0.25, 0.3) is 10.0 Å². The van der Waals surface area contributed by atoms with Crippen molar-refractivity contribution in [2.45, 2.75) is 17.6 Å². The van der Waals surface area contributed by atoms with Crippen molar-refractivity contribution in [1.29, 1.82) is 0 Å². The summed E-state index contributed by atoms with van der Waals surface area (Å²) in [7, 11) is -3.86. The van der Waals surface area contributed by atoms with Crippen LogP contribution in [0, 0.1) is 0 Å². The molecule has 0 spiro atoms. The zero-order valence-corrected chi connectivity index (χ0v) is 17.2. The Balaban J connectivity index is 1.69. The number of hydrogen-bond acceptors (Lipinski definition) is 6. The number of halogens is 1. The predicted molar refractivity (Wildman–Crippen MR) is 110 cm³/mol. The van der Waals surface area contributed by atoms with Crippen molar-refractivity contribution in [3.63, 3.8) is 0 Å². The van der Waals surface area contributed by atoms with Gasteiger partial charge in [0.15, 0.2) is 5.13 Å². The van der Waals surface area contributed by atoms with Gasteiger partial charge in [-0.1, -0.05) is 48.0 Å². The van der Waals surface area contributed by atoms with Gasteiger partial charge in [-0.15, -0.1) is 11.3 Å². The minimum absolute atomic E-state index is 0.0442. The van der Waals surface area contributed by atoms with Crippen LogP contribution in [0.25, 0.3) is 0 Å². The normalized spacial score (nSPS) is 12.6. The molecule has 0 saturated heterocycles. The molecular weight excluding hydrogens is 420 g/mol. The summed E-state index contributed by atoms with van der Waals surface area (Å²) in [5.74, 6) is 0. The Morgan fingerprint density at radius 2 is 1.86 bits per heavy atom. The fraction of sp³-hybridized carbons (Fsp3) is 0.211. The molecule has 1 heterocycles. The van der Waals surface area contributed by atoms with E-state index in [0.717, 1.165) is 9.87 Å². The van der Waals surface area contributed by atoms with Crippen LogP contribution in [-0.2, 0) is 21.4 Å². The number of rotatable bonds is 9. The number of anilines is 1. The lowest BCUT2D eigenvalue weighted by molar-refractivity contribution is 0.0334. The highest BCUT2D eigenvalue weighted by atomic mass is 35.5. The topological polar surface area (TPSA) is 79.7 Å². The quantitative estimate of drug-likeness (QED) is 0.552. The molecule has 0 saturated carbocycles. The van der Waals surface area contributed by atoms with Crippen molar-refractivity contribution >= 4 is 38.1 Å². The predicted octanol–water partition coefficient (Wildman–Crippen LogP) is 3.57. The average molecular weight is 439 g/mol. The first-order valence-corrected chi connectivity index (χ1v) is 11.1. The highest BCUT2D eigenvalue weighted by molar-refractivity contribution is 7.93. The molecule has 0 aliphatic heterocycles. The summed E-state index contributed by atoms with van der Waals surface area (Å²) in [6, 6.07) is 15.3. The van der Waals surface area contributed by atoms with Crippen molar-refractivity contribution in [1.82, 2.24) is 4.98 Å². The van der Waals surface area contributed by atoms with E-state index in [2.05, 4.69) is 4.98 Å². The average Bonchev–Trinajstić information content (AvgIpc) is 3.22. The number of aliphatic hydroxyl groups excluding tert-OH is 1. The van der Waals surface area contributed by atoms with Crippen molar-refractivity contribution in [2.75, 3.05) is 17.5 Å². The van der Waals surface area contributed by atoms with Crippen LogP contribution in [0.5, 0.6) is 0 Å². The summed E-state index contributed by atoms with van der Waals surface area (Å²) in [6.07, 6.45) is 0.484. The van der Waals surface area contributed by atoms with E-state index in [-0.39, 0.29) is 29.8 Å². The summed E-state index contributed by atoms with van der Waals surface area (Å²) in [5.41, 5.74) is 0.796. The maximum absolute atomic E-state index is 13.0. The summed E-state index contributed by atoms with van der Waals surface area (Å²) in [4.78, 5) is 4.23. The summed E-state index contributed by atoms with van der Waals surface area (Å²) < 4.78 is 32.7. The summed E-state index contributed by atoms with van der Waals surface area (Å²) in [5, 5.41) is 12.9. The minimum Gasteiger partial charge on any atom is -0.389 e. The highest BCUT2D eigenvalue weighted by Crippen LogP contribution is 2.26. The van der Waals surface area contributed by atoms with Gasteiger partial charge in [-0.2, -0.15) is 0 Å². The zero-order valence-electron chi connectivity index (χ0n) is 14.8. The van der Waals surface area contributed by atoms with E-state index in [0.29, 0.717) is 5.02 Å². The Kier molecular flexibility index (Phi) is 7.03. The Bertz CT molecular complexity index is 982. The molecule has 3 aromatic rings. The van der Waals surface area contributed by atoms with E-state index >= 15 is 0 Å². The Morgan fingerprint density at radius 3 is 2.54 bits per heavy atom. The van der Waals surface area contributed by atoms with E-state index in [1.54, 1.807) is 29.6 Å². The van der Waals surface area contributed by atoms with Crippen LogP contribution >= 0.6 is 22.9 Å². The van der Waals surface area contributed by atoms with Crippen LogP contribution in [0.15, 0.2) is 71.1 Å². The van der Waals surface area contributed by atoms with Gasteiger partial charge in [-0.3, -0.25) is 0 Å². The van der Waals surface area contributed by atoms with E-state index < -0.39 is 16.1 Å². The van der Waals surface area contributed by atoms with Gasteiger partial charge in [-0.25, -0.2) is 17.7 Å². The molecular formula is C19H19ClN2O4S2. The van der Waals surface area contributed by atoms with Crippen LogP contribution in [0.1, 0.15) is 5.56 Å². The van der Waals surface area contributed by atoms with Crippen LogP contribution in [0.4, 0.5) is 5.13 Å². The highest BCUT2D eigenvalue weighted by Gasteiger charge is 2.28. The van der Waals surface area contributed by atoms with E-state index in [4.69, 9.17) is 16.3 Å². The van der Waals surface area contributed by atoms with Crippen molar-refractivity contribution in [2.24, 2.45) is 0 Å². The van der Waals surface area contributed by atoms with Gasteiger partial charge >= 0.3 is 0 Å². The number of sulfonamides is 1. The number of thiazole rings is 1. The minimum atomic E-state index is -3.86. The lowest BCUT2D eigenvalue weighted by Crippen LogP contribution is -2.39. The molecule has 0 fully saturated rings. The third-order valence-electron chi connectivity index (χ3n) is 3.87. The number of ether oxygens (including phenoxy) is 1. The molecule has 0 bridgehead atoms. The molecule has 0 radical (unpaired) electrons. The standard InChI is InChI=1S/C19H19ClN2O4S2/c20-18-9-5-4-6-15(18)13-26-14-16(23)12-22(19-21-10-11-27-19)28(24,25)17-7-2-1-3-8-17/h1-11,16,23H,12-14H2. The van der Waals surface area contributed by atoms with Gasteiger partial charge in [-0.05, 0) is 23.8 Å². The molecule has 0 aliphatic rings. The summed E-state index contributed by atoms with van der Waals surface area (Å²) in [6.45, 7) is 0.00406. The van der Waals surface area contributed by atoms with Gasteiger partial charge in [0.2, 0.25) is 0 Å². The lowest BCUT2D eigenvalue weighted by atomic mass is 10.2. The first kappa shape index (κ1) is 20.8. The molecule has 3 rings (SSSR count). The second-order valence-electron chi connectivity index (χ2n) is 5.92. The van der Waals surface area contributed by atoms with E-state index in [1.165, 1.54) is 29.7 Å². The van der Waals surface area contributed by atoms with E-state index in [1.807, 2.05) is 18.2 Å². The van der Waals surface area contributed by atoms with Crippen molar-refractivity contribution < 1.29 is 18.3 Å². The van der Waals surface area contributed by atoms with Gasteiger partial charge in [0, 0.05) is 16.6 Å². The van der Waals surface area contributed by atoms with Crippen LogP contribution < -0.4 is 4.31 Å². The molecule has 1 aromatic heterocycles. The number of aromatic nitrogens is 1. The largest absolute Gasteiger partial charge is 0.389 e. The van der Waals surface area contributed by atoms with Gasteiger partial charge in [0.05, 0.1) is 30.8 Å². The SMILES string of the molecule is O=S(=O)(c1ccccc1)N(CC(O)COCc1ccccc1Cl)c1nccs1. The Morgan fingerprint density at radius 1 is 1.14 bits per heavy atom. The molecule has 28 heavy (non-hydrogen) atoms. The van der Waals surface area contributed by atoms with E-state index in [9.17, 15) is 13.5 Å². The van der Waals surface area contributed by atoms with Crippen molar-refractivity contribution in [3.8, 4) is 0 Å². The maximum Gasteiger partial charge on any atom is 0.266 e. The first-order chi connectivity index (χ1) is 13.5. The second-order valence-corrected chi connectivity index (χ2v) is 9.07. The third-order valence-corrected chi connectivity index (χ3v) is 6.91. The maximum atomic E-state index is 13.0. The second kappa shape index (κ2) is 9.49. The number of hydrogen-bond donors (Lipinski definition) is 1. The number of nitrogens with zero attached hydrogens (tertiary/aromatic N) is 2. The van der Waals surface area contributed by atoms with Crippen LogP contribution in [-0.4, -0.2) is 37.8 Å². The van der Waals surface area contributed by atoms with Gasteiger partial charge < -0.3 is 9.84 Å². The van der Waals surface area contributed by atoms with Crippen LogP contribution in [0.3, 0.4) is 0 Å². The molecule has 2 aromatic carbocycles. The molecule has 9 heteroatoms. The Labute approximate surface area is 173 Å². The number of benzene rings is 2. The molecule has 1 N–H and O–H groups in total. The molecule has 1 atom stereocenters. The molecule has 1 unspecified atom stereocenters. The molecule has 148 valence electrons. The molecule has 0 amide bonds. The fourth-order valence-corrected chi connectivity index (χ4v) is 5.05. The summed E-state index contributed by atoms with van der Waals surface area (Å²) >= 11 is 7.27. The third kappa shape index (κ3) is 5.09.